The minimum Gasteiger partial charge on any atom is -0.325 e. The third kappa shape index (κ3) is 5.25. The molecule has 0 aliphatic heterocycles. The molecule has 0 aliphatic rings. The van der Waals surface area contributed by atoms with Crippen LogP contribution in [0, 0.1) is 5.92 Å². The molecule has 0 radical (unpaired) electrons. The Morgan fingerprint density at radius 2 is 1.79 bits per heavy atom. The van der Waals surface area contributed by atoms with Crippen molar-refractivity contribution in [1.29, 1.82) is 0 Å². The van der Waals surface area contributed by atoms with E-state index in [2.05, 4.69) is 5.32 Å². The zero-order valence-corrected chi connectivity index (χ0v) is 11.8. The number of Topliss-reactive ketones (excluding diaryl/α,β-unsaturated/α-hetero) is 1. The third-order valence-electron chi connectivity index (χ3n) is 3.10. The highest BCUT2D eigenvalue weighted by atomic mass is 16.2. The van der Waals surface area contributed by atoms with Gasteiger partial charge in [0.15, 0.2) is 0 Å². The van der Waals surface area contributed by atoms with Crippen LogP contribution in [0.4, 0.5) is 5.69 Å². The maximum absolute atomic E-state index is 12.2. The summed E-state index contributed by atoms with van der Waals surface area (Å²) in [6.07, 6.45) is 3.80. The Kier molecular flexibility index (Phi) is 6.86. The molecule has 0 aliphatic carbocycles. The van der Waals surface area contributed by atoms with Crippen LogP contribution in [0.25, 0.3) is 0 Å². The molecular weight excluding hydrogens is 238 g/mol. The van der Waals surface area contributed by atoms with E-state index in [1.807, 2.05) is 44.2 Å². The molecule has 1 rings (SSSR count). The molecule has 0 bridgehead atoms. The smallest absolute Gasteiger partial charge is 0.234 e. The zero-order valence-electron chi connectivity index (χ0n) is 11.8. The molecule has 1 aromatic rings. The lowest BCUT2D eigenvalue weighted by Gasteiger charge is -2.15. The molecule has 1 amide bonds. The van der Waals surface area contributed by atoms with Gasteiger partial charge in [-0.1, -0.05) is 44.9 Å². The van der Waals surface area contributed by atoms with E-state index >= 15 is 0 Å². The van der Waals surface area contributed by atoms with Gasteiger partial charge in [-0.2, -0.15) is 0 Å². The maximum atomic E-state index is 12.2. The summed E-state index contributed by atoms with van der Waals surface area (Å²) >= 11 is 0. The number of hydrogen-bond acceptors (Lipinski definition) is 2. The van der Waals surface area contributed by atoms with E-state index in [9.17, 15) is 9.59 Å². The number of carbonyl (C=O) groups excluding carboxylic acids is 2. The first-order valence-corrected chi connectivity index (χ1v) is 7.07. The molecule has 1 N–H and O–H groups in total. The van der Waals surface area contributed by atoms with Crippen molar-refractivity contribution in [2.24, 2.45) is 5.92 Å². The molecule has 0 heterocycles. The van der Waals surface area contributed by atoms with Gasteiger partial charge in [-0.3, -0.25) is 9.59 Å². The average molecular weight is 261 g/mol. The summed E-state index contributed by atoms with van der Waals surface area (Å²) in [7, 11) is 0. The second-order valence-corrected chi connectivity index (χ2v) is 4.77. The SMILES string of the molecule is CCCCC(=O)C(CCC)C(=O)Nc1ccccc1. The molecule has 1 atom stereocenters. The van der Waals surface area contributed by atoms with Crippen LogP contribution in [-0.2, 0) is 9.59 Å². The molecular formula is C16H23NO2. The molecule has 3 heteroatoms. The average Bonchev–Trinajstić information content (AvgIpc) is 2.43. The predicted octanol–water partition coefficient (Wildman–Crippen LogP) is 3.80. The van der Waals surface area contributed by atoms with Crippen molar-refractivity contribution in [1.82, 2.24) is 0 Å². The normalized spacial score (nSPS) is 11.9. The predicted molar refractivity (Wildman–Crippen MR) is 78.0 cm³/mol. The minimum atomic E-state index is -0.503. The van der Waals surface area contributed by atoms with Gasteiger partial charge in [-0.25, -0.2) is 0 Å². The summed E-state index contributed by atoms with van der Waals surface area (Å²) in [6.45, 7) is 4.04. The largest absolute Gasteiger partial charge is 0.325 e. The second kappa shape index (κ2) is 8.46. The number of para-hydroxylation sites is 1. The molecule has 104 valence electrons. The van der Waals surface area contributed by atoms with Crippen molar-refractivity contribution >= 4 is 17.4 Å². The first-order valence-electron chi connectivity index (χ1n) is 7.07. The number of amides is 1. The van der Waals surface area contributed by atoms with E-state index in [1.165, 1.54) is 0 Å². The standard InChI is InChI=1S/C16H23NO2/c1-3-5-12-15(18)14(9-4-2)16(19)17-13-10-7-6-8-11-13/h6-8,10-11,14H,3-5,9,12H2,1-2H3,(H,17,19). The number of ketones is 1. The molecule has 0 fully saturated rings. The van der Waals surface area contributed by atoms with Gasteiger partial charge >= 0.3 is 0 Å². The Balaban J connectivity index is 2.64. The molecule has 1 unspecified atom stereocenters. The highest BCUT2D eigenvalue weighted by Crippen LogP contribution is 2.15. The minimum absolute atomic E-state index is 0.0668. The lowest BCUT2D eigenvalue weighted by atomic mass is 9.94. The topological polar surface area (TPSA) is 46.2 Å². The van der Waals surface area contributed by atoms with Gasteiger partial charge in [0.25, 0.3) is 0 Å². The van der Waals surface area contributed by atoms with E-state index < -0.39 is 5.92 Å². The Hall–Kier alpha value is -1.64. The summed E-state index contributed by atoms with van der Waals surface area (Å²) < 4.78 is 0. The molecule has 1 aromatic carbocycles. The highest BCUT2D eigenvalue weighted by molar-refractivity contribution is 6.07. The molecule has 0 saturated heterocycles. The number of rotatable bonds is 8. The first kappa shape index (κ1) is 15.4. The quantitative estimate of drug-likeness (QED) is 0.723. The number of unbranched alkanes of at least 4 members (excludes halogenated alkanes) is 1. The van der Waals surface area contributed by atoms with Crippen LogP contribution in [0.15, 0.2) is 30.3 Å². The van der Waals surface area contributed by atoms with E-state index in [0.717, 1.165) is 24.9 Å². The summed E-state index contributed by atoms with van der Waals surface area (Å²) in [5.41, 5.74) is 0.747. The van der Waals surface area contributed by atoms with Gasteiger partial charge < -0.3 is 5.32 Å². The fraction of sp³-hybridized carbons (Fsp3) is 0.500. The number of anilines is 1. The monoisotopic (exact) mass is 261 g/mol. The van der Waals surface area contributed by atoms with E-state index in [4.69, 9.17) is 0 Å². The number of carbonyl (C=O) groups is 2. The number of benzene rings is 1. The van der Waals surface area contributed by atoms with Gasteiger partial charge in [0.2, 0.25) is 5.91 Å². The van der Waals surface area contributed by atoms with Crippen LogP contribution >= 0.6 is 0 Å². The summed E-state index contributed by atoms with van der Waals surface area (Å²) in [5.74, 6) is -0.608. The summed E-state index contributed by atoms with van der Waals surface area (Å²) in [6, 6.07) is 9.28. The van der Waals surface area contributed by atoms with Crippen LogP contribution in [-0.4, -0.2) is 11.7 Å². The molecule has 0 spiro atoms. The number of nitrogens with one attached hydrogen (secondary N) is 1. The van der Waals surface area contributed by atoms with E-state index in [0.29, 0.717) is 12.8 Å². The van der Waals surface area contributed by atoms with Crippen molar-refractivity contribution in [2.45, 2.75) is 46.0 Å². The van der Waals surface area contributed by atoms with Crippen LogP contribution in [0.2, 0.25) is 0 Å². The number of hydrogen-bond donors (Lipinski definition) is 1. The van der Waals surface area contributed by atoms with Gasteiger partial charge in [0, 0.05) is 12.1 Å². The molecule has 3 nitrogen and oxygen atoms in total. The summed E-state index contributed by atoms with van der Waals surface area (Å²) in [4.78, 5) is 24.2. The van der Waals surface area contributed by atoms with Gasteiger partial charge in [-0.05, 0) is 25.0 Å². The lowest BCUT2D eigenvalue weighted by Crippen LogP contribution is -2.29. The van der Waals surface area contributed by atoms with Crippen molar-refractivity contribution in [3.63, 3.8) is 0 Å². The van der Waals surface area contributed by atoms with Crippen molar-refractivity contribution in [3.8, 4) is 0 Å². The van der Waals surface area contributed by atoms with Crippen molar-refractivity contribution in [2.75, 3.05) is 5.32 Å². The third-order valence-corrected chi connectivity index (χ3v) is 3.10. The van der Waals surface area contributed by atoms with Crippen LogP contribution in [0.3, 0.4) is 0 Å². The zero-order chi connectivity index (χ0) is 14.1. The second-order valence-electron chi connectivity index (χ2n) is 4.77. The van der Waals surface area contributed by atoms with Gasteiger partial charge in [-0.15, -0.1) is 0 Å². The van der Waals surface area contributed by atoms with Crippen LogP contribution in [0.1, 0.15) is 46.0 Å². The highest BCUT2D eigenvalue weighted by Gasteiger charge is 2.24. The fourth-order valence-corrected chi connectivity index (χ4v) is 2.00. The van der Waals surface area contributed by atoms with Crippen LogP contribution < -0.4 is 5.32 Å². The molecule has 19 heavy (non-hydrogen) atoms. The van der Waals surface area contributed by atoms with Gasteiger partial charge in [0.05, 0.1) is 5.92 Å². The Morgan fingerprint density at radius 1 is 1.11 bits per heavy atom. The molecule has 0 saturated carbocycles. The fourth-order valence-electron chi connectivity index (χ4n) is 2.00. The Labute approximate surface area is 115 Å². The van der Waals surface area contributed by atoms with Gasteiger partial charge in [0.1, 0.15) is 5.78 Å². The maximum Gasteiger partial charge on any atom is 0.234 e. The Morgan fingerprint density at radius 3 is 2.37 bits per heavy atom. The van der Waals surface area contributed by atoms with Crippen molar-refractivity contribution < 1.29 is 9.59 Å². The first-order chi connectivity index (χ1) is 9.19. The van der Waals surface area contributed by atoms with E-state index in [1.54, 1.807) is 0 Å². The lowest BCUT2D eigenvalue weighted by molar-refractivity contribution is -0.131. The Bertz CT molecular complexity index is 400. The van der Waals surface area contributed by atoms with Crippen molar-refractivity contribution in [3.05, 3.63) is 30.3 Å². The molecule has 0 aromatic heterocycles. The van der Waals surface area contributed by atoms with E-state index in [-0.39, 0.29) is 11.7 Å². The van der Waals surface area contributed by atoms with Crippen LogP contribution in [0.5, 0.6) is 0 Å². The summed E-state index contributed by atoms with van der Waals surface area (Å²) in [5, 5.41) is 2.82.